The van der Waals surface area contributed by atoms with Crippen LogP contribution in [0.2, 0.25) is 0 Å². The standard InChI is InChI=1S/C22H18FNO5S/c1-13-2-4-15(11-16(13)23)24-21(25)12-29-22(26)20-7-6-19(30-20)14-3-5-17-18(10-14)28-9-8-27-17/h2-7,10-11H,8-9,12H2,1H3,(H,24,25). The minimum absolute atomic E-state index is 0.302. The molecular weight excluding hydrogens is 409 g/mol. The lowest BCUT2D eigenvalue weighted by atomic mass is 10.1. The van der Waals surface area contributed by atoms with E-state index in [0.717, 1.165) is 10.4 Å². The predicted molar refractivity (Wildman–Crippen MR) is 111 cm³/mol. The maximum atomic E-state index is 13.6. The lowest BCUT2D eigenvalue weighted by Gasteiger charge is -2.18. The second-order valence-corrected chi connectivity index (χ2v) is 7.69. The zero-order valence-electron chi connectivity index (χ0n) is 16.1. The van der Waals surface area contributed by atoms with E-state index in [1.54, 1.807) is 25.1 Å². The first-order chi connectivity index (χ1) is 14.5. The van der Waals surface area contributed by atoms with Crippen molar-refractivity contribution < 1.29 is 28.2 Å². The molecule has 0 aliphatic carbocycles. The Hall–Kier alpha value is -3.39. The normalized spacial score (nSPS) is 12.3. The van der Waals surface area contributed by atoms with E-state index in [9.17, 15) is 14.0 Å². The average molecular weight is 427 g/mol. The van der Waals surface area contributed by atoms with Crippen LogP contribution in [0.1, 0.15) is 15.2 Å². The highest BCUT2D eigenvalue weighted by atomic mass is 32.1. The summed E-state index contributed by atoms with van der Waals surface area (Å²) >= 11 is 1.25. The van der Waals surface area contributed by atoms with Crippen LogP contribution in [0.15, 0.2) is 48.5 Å². The summed E-state index contributed by atoms with van der Waals surface area (Å²) in [6.07, 6.45) is 0. The summed E-state index contributed by atoms with van der Waals surface area (Å²) in [4.78, 5) is 25.5. The van der Waals surface area contributed by atoms with Crippen molar-refractivity contribution in [2.75, 3.05) is 25.1 Å². The lowest BCUT2D eigenvalue weighted by Crippen LogP contribution is -2.20. The van der Waals surface area contributed by atoms with Gasteiger partial charge in [-0.2, -0.15) is 0 Å². The molecule has 154 valence electrons. The zero-order valence-corrected chi connectivity index (χ0v) is 16.9. The van der Waals surface area contributed by atoms with E-state index in [0.29, 0.717) is 40.8 Å². The Morgan fingerprint density at radius 1 is 1.07 bits per heavy atom. The predicted octanol–water partition coefficient (Wildman–Crippen LogP) is 4.43. The monoisotopic (exact) mass is 427 g/mol. The van der Waals surface area contributed by atoms with Gasteiger partial charge in [0, 0.05) is 10.6 Å². The number of ether oxygens (including phenoxy) is 3. The van der Waals surface area contributed by atoms with Crippen LogP contribution in [0.5, 0.6) is 11.5 Å². The number of nitrogens with one attached hydrogen (secondary N) is 1. The Kier molecular flexibility index (Phi) is 5.67. The third kappa shape index (κ3) is 4.44. The number of anilines is 1. The van der Waals surface area contributed by atoms with E-state index in [1.165, 1.54) is 17.4 Å². The van der Waals surface area contributed by atoms with Crippen LogP contribution < -0.4 is 14.8 Å². The molecular formula is C22H18FNO5S. The SMILES string of the molecule is Cc1ccc(NC(=O)COC(=O)c2ccc(-c3ccc4c(c3)OCCO4)s2)cc1F. The molecule has 1 aliphatic rings. The molecule has 2 heterocycles. The number of esters is 1. The van der Waals surface area contributed by atoms with Gasteiger partial charge in [-0.1, -0.05) is 6.07 Å². The molecule has 0 spiro atoms. The van der Waals surface area contributed by atoms with Gasteiger partial charge in [0.15, 0.2) is 18.1 Å². The van der Waals surface area contributed by atoms with Crippen molar-refractivity contribution in [3.63, 3.8) is 0 Å². The molecule has 0 saturated heterocycles. The van der Waals surface area contributed by atoms with Crippen LogP contribution >= 0.6 is 11.3 Å². The van der Waals surface area contributed by atoms with Gasteiger partial charge >= 0.3 is 5.97 Å². The van der Waals surface area contributed by atoms with E-state index >= 15 is 0 Å². The highest BCUT2D eigenvalue weighted by molar-refractivity contribution is 7.17. The molecule has 6 nitrogen and oxygen atoms in total. The number of rotatable bonds is 5. The van der Waals surface area contributed by atoms with Crippen molar-refractivity contribution in [1.29, 1.82) is 0 Å². The Balaban J connectivity index is 1.36. The fraction of sp³-hybridized carbons (Fsp3) is 0.182. The van der Waals surface area contributed by atoms with Crippen LogP contribution in [-0.4, -0.2) is 31.7 Å². The second-order valence-electron chi connectivity index (χ2n) is 6.61. The van der Waals surface area contributed by atoms with Crippen molar-refractivity contribution in [2.24, 2.45) is 0 Å². The van der Waals surface area contributed by atoms with Gasteiger partial charge < -0.3 is 19.5 Å². The molecule has 8 heteroatoms. The zero-order chi connectivity index (χ0) is 21.1. The number of fused-ring (bicyclic) bond motifs is 1. The number of hydrogen-bond acceptors (Lipinski definition) is 6. The Bertz CT molecular complexity index is 1110. The molecule has 0 atom stereocenters. The molecule has 0 saturated carbocycles. The van der Waals surface area contributed by atoms with Gasteiger partial charge in [-0.25, -0.2) is 9.18 Å². The molecule has 0 radical (unpaired) electrons. The Morgan fingerprint density at radius 3 is 2.67 bits per heavy atom. The number of thiophene rings is 1. The largest absolute Gasteiger partial charge is 0.486 e. The van der Waals surface area contributed by atoms with Crippen molar-refractivity contribution in [3.05, 3.63) is 64.8 Å². The highest BCUT2D eigenvalue weighted by Gasteiger charge is 2.16. The minimum atomic E-state index is -0.603. The molecule has 4 rings (SSSR count). The maximum absolute atomic E-state index is 13.6. The summed E-state index contributed by atoms with van der Waals surface area (Å²) in [7, 11) is 0. The van der Waals surface area contributed by atoms with E-state index in [1.807, 2.05) is 24.3 Å². The van der Waals surface area contributed by atoms with Gasteiger partial charge in [0.25, 0.3) is 5.91 Å². The number of halogens is 1. The number of hydrogen-bond donors (Lipinski definition) is 1. The Labute approximate surface area is 176 Å². The first-order valence-electron chi connectivity index (χ1n) is 9.22. The third-order valence-corrected chi connectivity index (χ3v) is 5.54. The third-order valence-electron chi connectivity index (χ3n) is 4.42. The van der Waals surface area contributed by atoms with Gasteiger partial charge in [-0.3, -0.25) is 4.79 Å². The number of carbonyl (C=O) groups is 2. The summed E-state index contributed by atoms with van der Waals surface area (Å²) < 4.78 is 29.7. The van der Waals surface area contributed by atoms with Crippen LogP contribution in [-0.2, 0) is 9.53 Å². The van der Waals surface area contributed by atoms with Crippen LogP contribution in [0.25, 0.3) is 10.4 Å². The first kappa shape index (κ1) is 19.9. The van der Waals surface area contributed by atoms with E-state index in [-0.39, 0.29) is 0 Å². The summed E-state index contributed by atoms with van der Waals surface area (Å²) in [5, 5.41) is 2.50. The molecule has 30 heavy (non-hydrogen) atoms. The van der Waals surface area contributed by atoms with E-state index in [2.05, 4.69) is 5.32 Å². The topological polar surface area (TPSA) is 73.9 Å². The van der Waals surface area contributed by atoms with Crippen molar-refractivity contribution in [2.45, 2.75) is 6.92 Å². The van der Waals surface area contributed by atoms with Crippen molar-refractivity contribution >= 4 is 28.9 Å². The lowest BCUT2D eigenvalue weighted by molar-refractivity contribution is -0.119. The fourth-order valence-electron chi connectivity index (χ4n) is 2.87. The first-order valence-corrected chi connectivity index (χ1v) is 10.0. The average Bonchev–Trinajstić information content (AvgIpc) is 3.25. The van der Waals surface area contributed by atoms with Gasteiger partial charge in [0.05, 0.1) is 0 Å². The second kappa shape index (κ2) is 8.54. The molecule has 1 amide bonds. The van der Waals surface area contributed by atoms with Gasteiger partial charge in [0.2, 0.25) is 0 Å². The van der Waals surface area contributed by atoms with Gasteiger partial charge in [-0.05, 0) is 60.5 Å². The van der Waals surface area contributed by atoms with Crippen molar-refractivity contribution in [3.8, 4) is 21.9 Å². The van der Waals surface area contributed by atoms with Gasteiger partial charge in [0.1, 0.15) is 23.9 Å². The molecule has 0 bridgehead atoms. The summed E-state index contributed by atoms with van der Waals surface area (Å²) in [5.41, 5.74) is 1.67. The molecule has 0 unspecified atom stereocenters. The smallest absolute Gasteiger partial charge is 0.348 e. The minimum Gasteiger partial charge on any atom is -0.486 e. The van der Waals surface area contributed by atoms with Crippen LogP contribution in [0.3, 0.4) is 0 Å². The van der Waals surface area contributed by atoms with Crippen LogP contribution in [0.4, 0.5) is 10.1 Å². The number of carbonyl (C=O) groups excluding carboxylic acids is 2. The number of benzene rings is 2. The van der Waals surface area contributed by atoms with Crippen LogP contribution in [0, 0.1) is 12.7 Å². The summed E-state index contributed by atoms with van der Waals surface area (Å²) in [5.74, 6) is -0.208. The van der Waals surface area contributed by atoms with E-state index < -0.39 is 24.3 Å². The molecule has 0 fully saturated rings. The van der Waals surface area contributed by atoms with Gasteiger partial charge in [-0.15, -0.1) is 11.3 Å². The summed E-state index contributed by atoms with van der Waals surface area (Å²) in [6, 6.07) is 13.4. The molecule has 2 aromatic carbocycles. The molecule has 1 aliphatic heterocycles. The summed E-state index contributed by atoms with van der Waals surface area (Å²) in [6.45, 7) is 2.18. The maximum Gasteiger partial charge on any atom is 0.348 e. The molecule has 3 aromatic rings. The number of aryl methyl sites for hydroxylation is 1. The molecule has 1 aromatic heterocycles. The quantitative estimate of drug-likeness (QED) is 0.610. The highest BCUT2D eigenvalue weighted by Crippen LogP contribution is 2.37. The van der Waals surface area contributed by atoms with Crippen molar-refractivity contribution in [1.82, 2.24) is 0 Å². The fourth-order valence-corrected chi connectivity index (χ4v) is 3.77. The number of amides is 1. The Morgan fingerprint density at radius 2 is 1.87 bits per heavy atom. The van der Waals surface area contributed by atoms with E-state index in [4.69, 9.17) is 14.2 Å². The molecule has 1 N–H and O–H groups in total.